The molecule has 0 radical (unpaired) electrons. The van der Waals surface area contributed by atoms with Crippen LogP contribution in [0.25, 0.3) is 10.9 Å². The van der Waals surface area contributed by atoms with Gasteiger partial charge < -0.3 is 15.4 Å². The molecule has 0 aliphatic heterocycles. The number of aromatic amines is 1. The number of nitrogens with one attached hydrogen (secondary N) is 2. The van der Waals surface area contributed by atoms with Gasteiger partial charge in [0.1, 0.15) is 0 Å². The molecule has 0 amide bonds. The van der Waals surface area contributed by atoms with Crippen molar-refractivity contribution in [2.75, 3.05) is 6.61 Å². The van der Waals surface area contributed by atoms with Gasteiger partial charge in [-0.15, -0.1) is 0 Å². The number of aromatic nitrogens is 1. The van der Waals surface area contributed by atoms with Crippen molar-refractivity contribution < 1.29 is 5.11 Å². The molecule has 0 aliphatic rings. The van der Waals surface area contributed by atoms with Crippen molar-refractivity contribution in [3.05, 3.63) is 36.0 Å². The smallest absolute Gasteiger partial charge is 0.0584 e. The summed E-state index contributed by atoms with van der Waals surface area (Å²) < 4.78 is 0. The highest BCUT2D eigenvalue weighted by Crippen LogP contribution is 2.14. The summed E-state index contributed by atoms with van der Waals surface area (Å²) in [5.74, 6) is 0.599. The predicted octanol–water partition coefficient (Wildman–Crippen LogP) is 2.66. The van der Waals surface area contributed by atoms with Crippen molar-refractivity contribution in [3.63, 3.8) is 0 Å². The van der Waals surface area contributed by atoms with Gasteiger partial charge in [-0.25, -0.2) is 0 Å². The molecule has 0 bridgehead atoms. The molecule has 0 spiro atoms. The van der Waals surface area contributed by atoms with Crippen molar-refractivity contribution in [2.45, 2.75) is 32.9 Å². The lowest BCUT2D eigenvalue weighted by atomic mass is 10.0. The molecule has 1 heterocycles. The maximum Gasteiger partial charge on any atom is 0.0584 e. The molecule has 1 aromatic heterocycles. The second-order valence-corrected chi connectivity index (χ2v) is 5.29. The second kappa shape index (κ2) is 6.03. The van der Waals surface area contributed by atoms with Crippen LogP contribution < -0.4 is 5.32 Å². The monoisotopic (exact) mass is 246 g/mol. The number of aliphatic hydroxyl groups excluding tert-OH is 1. The largest absolute Gasteiger partial charge is 0.395 e. The maximum absolute atomic E-state index is 9.32. The lowest BCUT2D eigenvalue weighted by Gasteiger charge is -2.18. The van der Waals surface area contributed by atoms with Crippen LogP contribution in [0.2, 0.25) is 0 Å². The molecule has 18 heavy (non-hydrogen) atoms. The van der Waals surface area contributed by atoms with Crippen LogP contribution in [0.1, 0.15) is 25.8 Å². The third-order valence-corrected chi connectivity index (χ3v) is 3.19. The first-order valence-electron chi connectivity index (χ1n) is 6.59. The quantitative estimate of drug-likeness (QED) is 0.734. The third-order valence-electron chi connectivity index (χ3n) is 3.19. The Kier molecular flexibility index (Phi) is 4.39. The van der Waals surface area contributed by atoms with E-state index in [-0.39, 0.29) is 12.6 Å². The average molecular weight is 246 g/mol. The first kappa shape index (κ1) is 13.1. The normalized spacial score (nSPS) is 13.3. The first-order valence-corrected chi connectivity index (χ1v) is 6.59. The van der Waals surface area contributed by atoms with Gasteiger partial charge in [-0.2, -0.15) is 0 Å². The fraction of sp³-hybridized carbons (Fsp3) is 0.467. The number of rotatable bonds is 6. The first-order chi connectivity index (χ1) is 8.69. The van der Waals surface area contributed by atoms with Crippen LogP contribution >= 0.6 is 0 Å². The van der Waals surface area contributed by atoms with Crippen molar-refractivity contribution in [1.29, 1.82) is 0 Å². The van der Waals surface area contributed by atoms with Gasteiger partial charge in [0.25, 0.3) is 0 Å². The Bertz CT molecular complexity index is 490. The van der Waals surface area contributed by atoms with Crippen LogP contribution in [0.3, 0.4) is 0 Å². The van der Waals surface area contributed by atoms with Crippen LogP contribution in [0.5, 0.6) is 0 Å². The van der Waals surface area contributed by atoms with E-state index >= 15 is 0 Å². The zero-order valence-electron chi connectivity index (χ0n) is 11.1. The lowest BCUT2D eigenvalue weighted by molar-refractivity contribution is 0.223. The van der Waals surface area contributed by atoms with Crippen molar-refractivity contribution in [2.24, 2.45) is 5.92 Å². The minimum atomic E-state index is 0.187. The Morgan fingerprint density at radius 1 is 1.28 bits per heavy atom. The molecule has 1 aromatic carbocycles. The van der Waals surface area contributed by atoms with Crippen molar-refractivity contribution >= 4 is 10.9 Å². The molecule has 1 unspecified atom stereocenters. The Balaban J connectivity index is 1.95. The molecule has 1 atom stereocenters. The summed E-state index contributed by atoms with van der Waals surface area (Å²) >= 11 is 0. The van der Waals surface area contributed by atoms with Gasteiger partial charge in [-0.05, 0) is 41.5 Å². The molecule has 0 fully saturated rings. The molecule has 3 nitrogen and oxygen atoms in total. The molecule has 3 N–H and O–H groups in total. The molecular weight excluding hydrogens is 224 g/mol. The van der Waals surface area contributed by atoms with Crippen LogP contribution in [0.15, 0.2) is 30.5 Å². The van der Waals surface area contributed by atoms with E-state index in [1.807, 2.05) is 6.20 Å². The van der Waals surface area contributed by atoms with Crippen molar-refractivity contribution in [3.8, 4) is 0 Å². The molecule has 2 rings (SSSR count). The molecule has 0 aliphatic carbocycles. The summed E-state index contributed by atoms with van der Waals surface area (Å²) in [5, 5.41) is 14.0. The SMILES string of the molecule is CC(C)CC(CO)NCc1ccc2[nH]ccc2c1. The summed E-state index contributed by atoms with van der Waals surface area (Å²) in [4.78, 5) is 3.19. The van der Waals surface area contributed by atoms with Gasteiger partial charge in [0, 0.05) is 24.3 Å². The number of hydrogen-bond donors (Lipinski definition) is 3. The summed E-state index contributed by atoms with van der Waals surface area (Å²) in [6, 6.07) is 8.67. The summed E-state index contributed by atoms with van der Waals surface area (Å²) in [6.07, 6.45) is 2.96. The molecule has 98 valence electrons. The van der Waals surface area contributed by atoms with Gasteiger partial charge >= 0.3 is 0 Å². The van der Waals surface area contributed by atoms with Crippen LogP contribution in [-0.4, -0.2) is 22.7 Å². The number of H-pyrrole nitrogens is 1. The highest BCUT2D eigenvalue weighted by atomic mass is 16.3. The lowest BCUT2D eigenvalue weighted by Crippen LogP contribution is -2.33. The molecule has 2 aromatic rings. The average Bonchev–Trinajstić information content (AvgIpc) is 2.81. The van der Waals surface area contributed by atoms with Gasteiger partial charge in [0.15, 0.2) is 0 Å². The van der Waals surface area contributed by atoms with Gasteiger partial charge in [-0.1, -0.05) is 19.9 Å². The minimum absolute atomic E-state index is 0.187. The number of benzene rings is 1. The van der Waals surface area contributed by atoms with Gasteiger partial charge in [0.05, 0.1) is 6.61 Å². The highest BCUT2D eigenvalue weighted by molar-refractivity contribution is 5.79. The van der Waals surface area contributed by atoms with Crippen LogP contribution in [0.4, 0.5) is 0 Å². The van der Waals surface area contributed by atoms with E-state index < -0.39 is 0 Å². The predicted molar refractivity (Wildman–Crippen MR) is 75.5 cm³/mol. The van der Waals surface area contributed by atoms with Crippen LogP contribution in [-0.2, 0) is 6.54 Å². The van der Waals surface area contributed by atoms with E-state index in [9.17, 15) is 5.11 Å². The maximum atomic E-state index is 9.32. The molecule has 3 heteroatoms. The third kappa shape index (κ3) is 3.34. The van der Waals surface area contributed by atoms with E-state index in [1.165, 1.54) is 16.5 Å². The van der Waals surface area contributed by atoms with Crippen LogP contribution in [0, 0.1) is 5.92 Å². The van der Waals surface area contributed by atoms with Crippen molar-refractivity contribution in [1.82, 2.24) is 10.3 Å². The minimum Gasteiger partial charge on any atom is -0.395 e. The Hall–Kier alpha value is -1.32. The molecule has 0 saturated carbocycles. The van der Waals surface area contributed by atoms with E-state index in [4.69, 9.17) is 0 Å². The van der Waals surface area contributed by atoms with E-state index in [1.54, 1.807) is 0 Å². The fourth-order valence-corrected chi connectivity index (χ4v) is 2.27. The Labute approximate surface area is 108 Å². The van der Waals surface area contributed by atoms with Gasteiger partial charge in [-0.3, -0.25) is 0 Å². The number of fused-ring (bicyclic) bond motifs is 1. The highest BCUT2D eigenvalue weighted by Gasteiger charge is 2.09. The number of hydrogen-bond acceptors (Lipinski definition) is 2. The summed E-state index contributed by atoms with van der Waals surface area (Å²) in [6.45, 7) is 5.36. The van der Waals surface area contributed by atoms with E-state index in [0.717, 1.165) is 13.0 Å². The Morgan fingerprint density at radius 2 is 2.11 bits per heavy atom. The molecular formula is C15H22N2O. The Morgan fingerprint density at radius 3 is 2.83 bits per heavy atom. The zero-order chi connectivity index (χ0) is 13.0. The van der Waals surface area contributed by atoms with E-state index in [0.29, 0.717) is 5.92 Å². The fourth-order valence-electron chi connectivity index (χ4n) is 2.27. The van der Waals surface area contributed by atoms with Gasteiger partial charge in [0.2, 0.25) is 0 Å². The number of aliphatic hydroxyl groups is 1. The topological polar surface area (TPSA) is 48.0 Å². The summed E-state index contributed by atoms with van der Waals surface area (Å²) in [7, 11) is 0. The second-order valence-electron chi connectivity index (χ2n) is 5.29. The standard InChI is InChI=1S/C15H22N2O/c1-11(2)7-14(10-18)17-9-12-3-4-15-13(8-12)5-6-16-15/h3-6,8,11,14,16-18H,7,9-10H2,1-2H3. The van der Waals surface area contributed by atoms with E-state index in [2.05, 4.69) is 48.4 Å². The molecule has 0 saturated heterocycles. The summed E-state index contributed by atoms with van der Waals surface area (Å²) in [5.41, 5.74) is 2.42. The zero-order valence-corrected chi connectivity index (χ0v) is 11.1.